The van der Waals surface area contributed by atoms with E-state index < -0.39 is 0 Å². The van der Waals surface area contributed by atoms with Crippen LogP contribution in [0.15, 0.2) is 51.0 Å². The van der Waals surface area contributed by atoms with E-state index in [1.54, 1.807) is 17.6 Å². The monoisotopic (exact) mass is 463 g/mol. The zero-order chi connectivity index (χ0) is 22.4. The molecule has 7 nitrogen and oxygen atoms in total. The summed E-state index contributed by atoms with van der Waals surface area (Å²) in [6.07, 6.45) is 1.64. The summed E-state index contributed by atoms with van der Waals surface area (Å²) in [5.41, 5.74) is 3.99. The van der Waals surface area contributed by atoms with E-state index in [0.717, 1.165) is 43.1 Å². The number of hydrogen-bond acceptors (Lipinski definition) is 7. The second-order valence-corrected chi connectivity index (χ2v) is 9.78. The van der Waals surface area contributed by atoms with Gasteiger partial charge in [0, 0.05) is 17.5 Å². The average Bonchev–Trinajstić information content (AvgIpc) is 3.44. The number of benzene rings is 1. The molecule has 0 aliphatic rings. The minimum atomic E-state index is -0.113. The Morgan fingerprint density at radius 2 is 1.91 bits per heavy atom. The lowest BCUT2D eigenvalue weighted by molar-refractivity contribution is 0.534. The van der Waals surface area contributed by atoms with Crippen molar-refractivity contribution in [1.82, 2.24) is 24.7 Å². The van der Waals surface area contributed by atoms with Gasteiger partial charge in [0.15, 0.2) is 11.0 Å². The number of nitrogens with zero attached hydrogens (tertiary/aromatic N) is 4. The molecule has 4 heterocycles. The third-order valence-corrected chi connectivity index (χ3v) is 7.43. The number of furan rings is 1. The normalized spacial score (nSPS) is 11.5. The first kappa shape index (κ1) is 20.7. The van der Waals surface area contributed by atoms with E-state index in [1.165, 1.54) is 17.3 Å². The Morgan fingerprint density at radius 1 is 1.12 bits per heavy atom. The van der Waals surface area contributed by atoms with Crippen molar-refractivity contribution in [3.8, 4) is 22.5 Å². The highest BCUT2D eigenvalue weighted by molar-refractivity contribution is 7.98. The van der Waals surface area contributed by atoms with Crippen LogP contribution < -0.4 is 5.56 Å². The molecule has 0 radical (unpaired) electrons. The van der Waals surface area contributed by atoms with Gasteiger partial charge in [0.05, 0.1) is 23.0 Å². The fourth-order valence-corrected chi connectivity index (χ4v) is 5.57. The molecule has 0 saturated heterocycles. The lowest BCUT2D eigenvalue weighted by Gasteiger charge is -2.04. The van der Waals surface area contributed by atoms with E-state index in [9.17, 15) is 4.79 Å². The number of thioether (sulfide) groups is 1. The van der Waals surface area contributed by atoms with Crippen molar-refractivity contribution in [3.05, 3.63) is 69.0 Å². The highest BCUT2D eigenvalue weighted by atomic mass is 32.2. The molecule has 0 saturated carbocycles. The SMILES string of the molecule is Cc1ccc(-c2c(C)sc3nc(CSc4nnc(-c5ccoc5C)n4C)[nH]c(=O)c23)cc1. The van der Waals surface area contributed by atoms with Crippen LogP contribution in [0.5, 0.6) is 0 Å². The first-order valence-corrected chi connectivity index (χ1v) is 11.9. The fraction of sp³-hybridized carbons (Fsp3) is 0.217. The maximum absolute atomic E-state index is 13.0. The van der Waals surface area contributed by atoms with Crippen LogP contribution in [0.2, 0.25) is 0 Å². The van der Waals surface area contributed by atoms with Crippen molar-refractivity contribution in [1.29, 1.82) is 0 Å². The van der Waals surface area contributed by atoms with Gasteiger partial charge in [0.25, 0.3) is 5.56 Å². The van der Waals surface area contributed by atoms with Gasteiger partial charge in [-0.1, -0.05) is 41.6 Å². The molecule has 162 valence electrons. The number of rotatable bonds is 5. The van der Waals surface area contributed by atoms with Gasteiger partial charge in [0.1, 0.15) is 16.4 Å². The van der Waals surface area contributed by atoms with Gasteiger partial charge in [-0.15, -0.1) is 21.5 Å². The number of hydrogen-bond donors (Lipinski definition) is 1. The summed E-state index contributed by atoms with van der Waals surface area (Å²) in [5.74, 6) is 2.64. The molecule has 1 N–H and O–H groups in total. The summed E-state index contributed by atoms with van der Waals surface area (Å²) in [6, 6.07) is 10.1. The van der Waals surface area contributed by atoms with E-state index >= 15 is 0 Å². The van der Waals surface area contributed by atoms with E-state index in [-0.39, 0.29) is 5.56 Å². The smallest absolute Gasteiger partial charge is 0.260 e. The summed E-state index contributed by atoms with van der Waals surface area (Å²) in [5, 5.41) is 9.99. The summed E-state index contributed by atoms with van der Waals surface area (Å²) in [6.45, 7) is 5.99. The third kappa shape index (κ3) is 3.57. The second kappa shape index (κ2) is 8.07. The van der Waals surface area contributed by atoms with Gasteiger partial charge in [-0.2, -0.15) is 0 Å². The Labute approximate surface area is 192 Å². The summed E-state index contributed by atoms with van der Waals surface area (Å²) < 4.78 is 7.30. The molecule has 0 amide bonds. The van der Waals surface area contributed by atoms with Crippen molar-refractivity contribution >= 4 is 33.3 Å². The maximum Gasteiger partial charge on any atom is 0.260 e. The largest absolute Gasteiger partial charge is 0.469 e. The zero-order valence-corrected chi connectivity index (χ0v) is 19.7. The third-order valence-electron chi connectivity index (χ3n) is 5.40. The predicted octanol–water partition coefficient (Wildman–Crippen LogP) is 5.26. The highest BCUT2D eigenvalue weighted by Crippen LogP contribution is 2.36. The first-order valence-electron chi connectivity index (χ1n) is 10.1. The molecule has 0 aliphatic heterocycles. The minimum absolute atomic E-state index is 0.113. The molecule has 5 aromatic rings. The van der Waals surface area contributed by atoms with Crippen LogP contribution in [-0.2, 0) is 12.8 Å². The Balaban J connectivity index is 1.44. The van der Waals surface area contributed by atoms with Gasteiger partial charge >= 0.3 is 0 Å². The van der Waals surface area contributed by atoms with Crippen LogP contribution in [0.1, 0.15) is 22.0 Å². The van der Waals surface area contributed by atoms with Crippen LogP contribution in [0, 0.1) is 20.8 Å². The Morgan fingerprint density at radius 3 is 2.62 bits per heavy atom. The van der Waals surface area contributed by atoms with E-state index in [4.69, 9.17) is 9.40 Å². The second-order valence-electron chi connectivity index (χ2n) is 7.64. The van der Waals surface area contributed by atoms with Gasteiger partial charge in [0.2, 0.25) is 0 Å². The predicted molar refractivity (Wildman–Crippen MR) is 128 cm³/mol. The zero-order valence-electron chi connectivity index (χ0n) is 18.1. The molecule has 1 aromatic carbocycles. The number of aromatic amines is 1. The van der Waals surface area contributed by atoms with Crippen LogP contribution in [0.25, 0.3) is 32.7 Å². The molecule has 0 aliphatic carbocycles. The van der Waals surface area contributed by atoms with Gasteiger partial charge in [-0.3, -0.25) is 4.79 Å². The Hall–Kier alpha value is -3.17. The molecule has 9 heteroatoms. The van der Waals surface area contributed by atoms with Crippen LogP contribution >= 0.6 is 23.1 Å². The van der Waals surface area contributed by atoms with Crippen molar-refractivity contribution in [2.24, 2.45) is 7.05 Å². The van der Waals surface area contributed by atoms with E-state index in [1.807, 2.05) is 31.5 Å². The minimum Gasteiger partial charge on any atom is -0.469 e. The van der Waals surface area contributed by atoms with Gasteiger partial charge < -0.3 is 14.0 Å². The Kier molecular flexibility index (Phi) is 5.22. The lowest BCUT2D eigenvalue weighted by atomic mass is 10.0. The summed E-state index contributed by atoms with van der Waals surface area (Å²) in [4.78, 5) is 22.6. The summed E-state index contributed by atoms with van der Waals surface area (Å²) >= 11 is 3.03. The average molecular weight is 464 g/mol. The Bertz CT molecular complexity index is 1490. The highest BCUT2D eigenvalue weighted by Gasteiger charge is 2.18. The van der Waals surface area contributed by atoms with Crippen molar-refractivity contribution in [3.63, 3.8) is 0 Å². The van der Waals surface area contributed by atoms with Crippen LogP contribution in [-0.4, -0.2) is 24.7 Å². The molecule has 0 unspecified atom stereocenters. The number of H-pyrrole nitrogens is 1. The molecular formula is C23H21N5O2S2. The van der Waals surface area contributed by atoms with Crippen molar-refractivity contribution < 1.29 is 4.42 Å². The molecule has 4 aromatic heterocycles. The first-order chi connectivity index (χ1) is 15.4. The molecule has 5 rings (SSSR count). The molecule has 0 fully saturated rings. The number of fused-ring (bicyclic) bond motifs is 1. The molecule has 32 heavy (non-hydrogen) atoms. The fourth-order valence-electron chi connectivity index (χ4n) is 3.72. The number of aryl methyl sites for hydroxylation is 3. The molecule has 0 bridgehead atoms. The lowest BCUT2D eigenvalue weighted by Crippen LogP contribution is -2.11. The number of aromatic nitrogens is 5. The van der Waals surface area contributed by atoms with E-state index in [0.29, 0.717) is 17.0 Å². The molecule has 0 spiro atoms. The molecular weight excluding hydrogens is 442 g/mol. The standard InChI is InChI=1S/C23H21N5O2S2/c1-12-5-7-15(8-6-12)18-14(3)32-22-19(18)21(29)24-17(25-22)11-31-23-27-26-20(28(23)4)16-9-10-30-13(16)2/h5-10H,11H2,1-4H3,(H,24,25,29). The van der Waals surface area contributed by atoms with Gasteiger partial charge in [-0.05, 0) is 32.4 Å². The van der Waals surface area contributed by atoms with Crippen molar-refractivity contribution in [2.75, 3.05) is 0 Å². The quantitative estimate of drug-likeness (QED) is 0.358. The number of nitrogens with one attached hydrogen (secondary N) is 1. The topological polar surface area (TPSA) is 89.6 Å². The van der Waals surface area contributed by atoms with Crippen LogP contribution in [0.4, 0.5) is 0 Å². The van der Waals surface area contributed by atoms with Crippen molar-refractivity contribution in [2.45, 2.75) is 31.7 Å². The van der Waals surface area contributed by atoms with Crippen LogP contribution in [0.3, 0.4) is 0 Å². The van der Waals surface area contributed by atoms with E-state index in [2.05, 4.69) is 46.4 Å². The summed E-state index contributed by atoms with van der Waals surface area (Å²) in [7, 11) is 1.92. The van der Waals surface area contributed by atoms with Gasteiger partial charge in [-0.25, -0.2) is 4.98 Å². The molecule has 0 atom stereocenters. The maximum atomic E-state index is 13.0. The number of thiophene rings is 1.